The first-order valence-electron chi connectivity index (χ1n) is 6.38. The molecule has 1 heterocycles. The Labute approximate surface area is 109 Å². The van der Waals surface area contributed by atoms with E-state index in [1.807, 2.05) is 0 Å². The van der Waals surface area contributed by atoms with Crippen molar-refractivity contribution in [2.24, 2.45) is 0 Å². The maximum atomic E-state index is 11.5. The molecule has 102 valence electrons. The summed E-state index contributed by atoms with van der Waals surface area (Å²) < 4.78 is 10.3. The molecule has 0 aromatic carbocycles. The molecule has 0 atom stereocenters. The Morgan fingerprint density at radius 1 is 1.44 bits per heavy atom. The molecule has 0 amide bonds. The predicted octanol–water partition coefficient (Wildman–Crippen LogP) is 3.04. The van der Waals surface area contributed by atoms with Crippen LogP contribution in [-0.2, 0) is 11.3 Å². The Morgan fingerprint density at radius 3 is 2.56 bits per heavy atom. The van der Waals surface area contributed by atoms with Gasteiger partial charge in [0.1, 0.15) is 17.1 Å². The molecular weight excluding hydrogens is 230 g/mol. The van der Waals surface area contributed by atoms with E-state index in [0.29, 0.717) is 17.9 Å². The van der Waals surface area contributed by atoms with E-state index >= 15 is 0 Å². The number of methoxy groups -OCH3 is 1. The lowest BCUT2D eigenvalue weighted by Crippen LogP contribution is -2.40. The van der Waals surface area contributed by atoms with Gasteiger partial charge in [-0.2, -0.15) is 0 Å². The van der Waals surface area contributed by atoms with Gasteiger partial charge in [-0.25, -0.2) is 4.79 Å². The molecule has 18 heavy (non-hydrogen) atoms. The van der Waals surface area contributed by atoms with Crippen molar-refractivity contribution in [3.8, 4) is 0 Å². The monoisotopic (exact) mass is 253 g/mol. The third kappa shape index (κ3) is 3.35. The van der Waals surface area contributed by atoms with Crippen LogP contribution in [0.5, 0.6) is 0 Å². The average Bonchev–Trinajstić information content (AvgIpc) is 2.76. The number of carbonyl (C=O) groups is 1. The number of esters is 1. The zero-order valence-electron chi connectivity index (χ0n) is 11.9. The van der Waals surface area contributed by atoms with Crippen LogP contribution in [-0.4, -0.2) is 18.6 Å². The quantitative estimate of drug-likeness (QED) is 0.792. The van der Waals surface area contributed by atoms with Gasteiger partial charge in [0, 0.05) is 5.54 Å². The van der Waals surface area contributed by atoms with E-state index in [1.165, 1.54) is 7.11 Å². The fraction of sp³-hybridized carbons (Fsp3) is 0.643. The largest absolute Gasteiger partial charge is 0.465 e. The van der Waals surface area contributed by atoms with Crippen molar-refractivity contribution in [1.82, 2.24) is 5.32 Å². The summed E-state index contributed by atoms with van der Waals surface area (Å²) in [7, 11) is 1.37. The molecule has 0 unspecified atom stereocenters. The molecule has 0 aliphatic heterocycles. The lowest BCUT2D eigenvalue weighted by atomic mass is 9.95. The van der Waals surface area contributed by atoms with Crippen molar-refractivity contribution in [3.05, 3.63) is 23.2 Å². The molecule has 0 fully saturated rings. The maximum absolute atomic E-state index is 11.5. The Balaban J connectivity index is 2.72. The molecular formula is C14H23NO3. The number of carbonyl (C=O) groups excluding carboxylic acids is 1. The Hall–Kier alpha value is -1.29. The molecule has 1 aromatic heterocycles. The summed E-state index contributed by atoms with van der Waals surface area (Å²) in [6.07, 6.45) is 2.10. The second-order valence-electron chi connectivity index (χ2n) is 4.80. The summed E-state index contributed by atoms with van der Waals surface area (Å²) in [4.78, 5) is 11.5. The number of aryl methyl sites for hydroxylation is 1. The number of rotatable bonds is 6. The highest BCUT2D eigenvalue weighted by Gasteiger charge is 2.20. The Kier molecular flexibility index (Phi) is 4.96. The minimum atomic E-state index is -0.351. The number of nitrogens with one attached hydrogen (secondary N) is 1. The van der Waals surface area contributed by atoms with Crippen molar-refractivity contribution in [2.45, 2.75) is 52.6 Å². The van der Waals surface area contributed by atoms with Gasteiger partial charge in [0.05, 0.1) is 13.7 Å². The second kappa shape index (κ2) is 6.05. The van der Waals surface area contributed by atoms with Crippen LogP contribution in [0.2, 0.25) is 0 Å². The van der Waals surface area contributed by atoms with Gasteiger partial charge in [-0.05, 0) is 32.8 Å². The summed E-state index contributed by atoms with van der Waals surface area (Å²) in [5.41, 5.74) is 0.607. The topological polar surface area (TPSA) is 51.5 Å². The fourth-order valence-corrected chi connectivity index (χ4v) is 1.74. The van der Waals surface area contributed by atoms with Gasteiger partial charge < -0.3 is 14.5 Å². The molecule has 0 bridgehead atoms. The Bertz CT molecular complexity index is 405. The first kappa shape index (κ1) is 14.8. The van der Waals surface area contributed by atoms with E-state index in [2.05, 4.69) is 26.1 Å². The van der Waals surface area contributed by atoms with Crippen LogP contribution in [0.15, 0.2) is 10.5 Å². The number of hydrogen-bond donors (Lipinski definition) is 1. The minimum absolute atomic E-state index is 0.103. The van der Waals surface area contributed by atoms with Crippen molar-refractivity contribution in [2.75, 3.05) is 7.11 Å². The highest BCUT2D eigenvalue weighted by atomic mass is 16.5. The first-order valence-corrected chi connectivity index (χ1v) is 6.38. The zero-order chi connectivity index (χ0) is 13.8. The van der Waals surface area contributed by atoms with Crippen LogP contribution in [0, 0.1) is 6.92 Å². The first-order chi connectivity index (χ1) is 8.45. The minimum Gasteiger partial charge on any atom is -0.465 e. The molecule has 1 N–H and O–H groups in total. The number of hydrogen-bond acceptors (Lipinski definition) is 4. The lowest BCUT2D eigenvalue weighted by molar-refractivity contribution is 0.0599. The van der Waals surface area contributed by atoms with E-state index in [4.69, 9.17) is 9.15 Å². The molecule has 1 rings (SSSR count). The van der Waals surface area contributed by atoms with Gasteiger partial charge in [0.15, 0.2) is 0 Å². The molecule has 0 saturated carbocycles. The molecule has 0 spiro atoms. The molecule has 0 aliphatic carbocycles. The van der Waals surface area contributed by atoms with E-state index in [9.17, 15) is 4.79 Å². The van der Waals surface area contributed by atoms with E-state index in [-0.39, 0.29) is 11.5 Å². The van der Waals surface area contributed by atoms with Crippen LogP contribution < -0.4 is 5.32 Å². The van der Waals surface area contributed by atoms with Gasteiger partial charge in [-0.1, -0.05) is 13.8 Å². The number of furan rings is 1. The second-order valence-corrected chi connectivity index (χ2v) is 4.80. The van der Waals surface area contributed by atoms with Crippen LogP contribution in [0.4, 0.5) is 0 Å². The van der Waals surface area contributed by atoms with Crippen LogP contribution in [0.1, 0.15) is 55.5 Å². The van der Waals surface area contributed by atoms with Crippen molar-refractivity contribution in [1.29, 1.82) is 0 Å². The Morgan fingerprint density at radius 2 is 2.06 bits per heavy atom. The number of ether oxygens (including phenoxy) is 1. The van der Waals surface area contributed by atoms with Gasteiger partial charge in [0.2, 0.25) is 0 Å². The molecule has 0 radical (unpaired) electrons. The van der Waals surface area contributed by atoms with Crippen LogP contribution >= 0.6 is 0 Å². The van der Waals surface area contributed by atoms with Crippen molar-refractivity contribution < 1.29 is 13.9 Å². The van der Waals surface area contributed by atoms with Gasteiger partial charge in [-0.15, -0.1) is 0 Å². The average molecular weight is 253 g/mol. The summed E-state index contributed by atoms with van der Waals surface area (Å²) >= 11 is 0. The highest BCUT2D eigenvalue weighted by Crippen LogP contribution is 2.18. The molecule has 0 saturated heterocycles. The van der Waals surface area contributed by atoms with Gasteiger partial charge in [-0.3, -0.25) is 0 Å². The smallest absolute Gasteiger partial charge is 0.341 e. The third-order valence-corrected chi connectivity index (χ3v) is 3.62. The molecule has 0 aliphatic rings. The normalized spacial score (nSPS) is 11.6. The maximum Gasteiger partial charge on any atom is 0.341 e. The summed E-state index contributed by atoms with van der Waals surface area (Å²) in [5.74, 6) is 1.02. The van der Waals surface area contributed by atoms with E-state index in [0.717, 1.165) is 18.6 Å². The molecule has 1 aromatic rings. The fourth-order valence-electron chi connectivity index (χ4n) is 1.74. The third-order valence-electron chi connectivity index (χ3n) is 3.62. The summed E-state index contributed by atoms with van der Waals surface area (Å²) in [6.45, 7) is 8.89. The predicted molar refractivity (Wildman–Crippen MR) is 70.6 cm³/mol. The van der Waals surface area contributed by atoms with Crippen LogP contribution in [0.25, 0.3) is 0 Å². The summed E-state index contributed by atoms with van der Waals surface area (Å²) in [6, 6.07) is 1.75. The van der Waals surface area contributed by atoms with Crippen LogP contribution in [0.3, 0.4) is 0 Å². The van der Waals surface area contributed by atoms with Crippen molar-refractivity contribution in [3.63, 3.8) is 0 Å². The standard InChI is InChI=1S/C14H23NO3/c1-6-14(4,7-2)15-9-11-8-12(10(3)18-11)13(16)17-5/h8,15H,6-7,9H2,1-5H3. The highest BCUT2D eigenvalue weighted by molar-refractivity contribution is 5.90. The zero-order valence-corrected chi connectivity index (χ0v) is 11.9. The van der Waals surface area contributed by atoms with E-state index < -0.39 is 0 Å². The van der Waals surface area contributed by atoms with E-state index in [1.54, 1.807) is 13.0 Å². The van der Waals surface area contributed by atoms with Gasteiger partial charge in [0.25, 0.3) is 0 Å². The molecule has 4 heteroatoms. The van der Waals surface area contributed by atoms with Gasteiger partial charge >= 0.3 is 5.97 Å². The summed E-state index contributed by atoms with van der Waals surface area (Å²) in [5, 5.41) is 3.46. The molecule has 4 nitrogen and oxygen atoms in total. The SMILES string of the molecule is CCC(C)(CC)NCc1cc(C(=O)OC)c(C)o1. The lowest BCUT2D eigenvalue weighted by Gasteiger charge is -2.27. The van der Waals surface area contributed by atoms with Crippen molar-refractivity contribution >= 4 is 5.97 Å².